The van der Waals surface area contributed by atoms with E-state index in [-0.39, 0.29) is 23.6 Å². The zero-order valence-electron chi connectivity index (χ0n) is 28.7. The van der Waals surface area contributed by atoms with E-state index in [2.05, 4.69) is 10.6 Å². The lowest BCUT2D eigenvalue weighted by Crippen LogP contribution is -2.48. The van der Waals surface area contributed by atoms with Crippen molar-refractivity contribution in [2.75, 3.05) is 23.7 Å². The number of carbonyl (C=O) groups excluding carboxylic acids is 4. The molecule has 4 aromatic carbocycles. The molecule has 0 bridgehead atoms. The van der Waals surface area contributed by atoms with Crippen molar-refractivity contribution < 1.29 is 28.7 Å². The third kappa shape index (κ3) is 6.88. The van der Waals surface area contributed by atoms with Crippen LogP contribution in [0.5, 0.6) is 11.5 Å². The summed E-state index contributed by atoms with van der Waals surface area (Å²) in [4.78, 5) is 56.5. The highest BCUT2D eigenvalue weighted by Gasteiger charge is 2.41. The van der Waals surface area contributed by atoms with Gasteiger partial charge in [0.05, 0.1) is 0 Å². The molecular formula is C42H40N4O6. The van der Waals surface area contributed by atoms with Gasteiger partial charge in [-0.05, 0) is 84.3 Å². The Morgan fingerprint density at radius 3 is 1.37 bits per heavy atom. The highest BCUT2D eigenvalue weighted by Crippen LogP contribution is 2.32. The van der Waals surface area contributed by atoms with Gasteiger partial charge in [-0.2, -0.15) is 0 Å². The first-order valence-corrected chi connectivity index (χ1v) is 18.0. The number of amides is 4. The second kappa shape index (κ2) is 14.4. The van der Waals surface area contributed by atoms with E-state index >= 15 is 0 Å². The maximum absolute atomic E-state index is 13.3. The van der Waals surface area contributed by atoms with E-state index in [4.69, 9.17) is 9.47 Å². The Morgan fingerprint density at radius 2 is 0.962 bits per heavy atom. The van der Waals surface area contributed by atoms with Crippen LogP contribution in [0.25, 0.3) is 12.2 Å². The van der Waals surface area contributed by atoms with E-state index in [0.29, 0.717) is 50.1 Å². The predicted octanol–water partition coefficient (Wildman–Crippen LogP) is 5.72. The second-order valence-corrected chi connectivity index (χ2v) is 13.8. The lowest BCUT2D eigenvalue weighted by molar-refractivity contribution is -0.142. The van der Waals surface area contributed by atoms with E-state index in [1.165, 1.54) is 0 Å². The summed E-state index contributed by atoms with van der Waals surface area (Å²) in [5.74, 6) is 0.799. The predicted molar refractivity (Wildman–Crippen MR) is 198 cm³/mol. The number of nitrogens with one attached hydrogen (secondary N) is 2. The van der Waals surface area contributed by atoms with Crippen LogP contribution in [-0.4, -0.2) is 70.8 Å². The SMILES string of the molecule is O=C(Nc1ccc(/C=C/c2ccc(NC(=O)[C@@H]3CCCN3C(=O)C3Cc4ccccc4O3)cc2)cc1)[C@@H]1CCCN1C(=O)C1Cc2ccccc2O1. The molecule has 4 heterocycles. The van der Waals surface area contributed by atoms with Gasteiger partial charge in [0.2, 0.25) is 11.8 Å². The Balaban J connectivity index is 0.820. The number of nitrogens with zero attached hydrogens (tertiary/aromatic N) is 2. The van der Waals surface area contributed by atoms with Gasteiger partial charge < -0.3 is 29.9 Å². The largest absolute Gasteiger partial charge is 0.480 e. The van der Waals surface area contributed by atoms with Crippen LogP contribution in [0.1, 0.15) is 47.9 Å². The van der Waals surface area contributed by atoms with Crippen molar-refractivity contribution in [1.29, 1.82) is 0 Å². The molecule has 0 saturated carbocycles. The van der Waals surface area contributed by atoms with Crippen LogP contribution in [0.3, 0.4) is 0 Å². The fourth-order valence-corrected chi connectivity index (χ4v) is 7.61. The van der Waals surface area contributed by atoms with E-state index in [0.717, 1.165) is 46.6 Å². The van der Waals surface area contributed by atoms with Gasteiger partial charge in [-0.15, -0.1) is 0 Å². The molecular weight excluding hydrogens is 656 g/mol. The second-order valence-electron chi connectivity index (χ2n) is 13.8. The van der Waals surface area contributed by atoms with Crippen LogP contribution in [0.2, 0.25) is 0 Å². The van der Waals surface area contributed by atoms with Crippen LogP contribution in [0.15, 0.2) is 97.1 Å². The normalized spacial score (nSPS) is 21.7. The first-order valence-electron chi connectivity index (χ1n) is 18.0. The highest BCUT2D eigenvalue weighted by molar-refractivity contribution is 5.99. The quantitative estimate of drug-likeness (QED) is 0.228. The Hall–Kier alpha value is -5.90. The Labute approximate surface area is 302 Å². The zero-order chi connectivity index (χ0) is 35.6. The van der Waals surface area contributed by atoms with Crippen molar-refractivity contribution in [2.45, 2.75) is 62.8 Å². The minimum atomic E-state index is -0.594. The summed E-state index contributed by atoms with van der Waals surface area (Å²) in [6, 6.07) is 29.4. The zero-order valence-corrected chi connectivity index (χ0v) is 28.7. The van der Waals surface area contributed by atoms with Crippen molar-refractivity contribution >= 4 is 47.2 Å². The lowest BCUT2D eigenvalue weighted by atomic mass is 10.1. The summed E-state index contributed by atoms with van der Waals surface area (Å²) in [5, 5.41) is 5.97. The molecule has 8 rings (SSSR count). The third-order valence-corrected chi connectivity index (χ3v) is 10.3. The third-order valence-electron chi connectivity index (χ3n) is 10.3. The van der Waals surface area contributed by atoms with Crippen molar-refractivity contribution in [3.8, 4) is 11.5 Å². The number of hydrogen-bond donors (Lipinski definition) is 2. The number of benzene rings is 4. The number of hydrogen-bond acceptors (Lipinski definition) is 6. The van der Waals surface area contributed by atoms with Crippen molar-refractivity contribution in [3.05, 3.63) is 119 Å². The smallest absolute Gasteiger partial charge is 0.264 e. The van der Waals surface area contributed by atoms with Crippen LogP contribution in [-0.2, 0) is 32.0 Å². The molecule has 4 aliphatic heterocycles. The summed E-state index contributed by atoms with van der Waals surface area (Å²) in [6.45, 7) is 1.08. The molecule has 4 aliphatic rings. The van der Waals surface area contributed by atoms with Gasteiger partial charge in [-0.1, -0.05) is 72.8 Å². The Bertz CT molecular complexity index is 1830. The number of carbonyl (C=O) groups is 4. The van der Waals surface area contributed by atoms with Gasteiger partial charge in [-0.3, -0.25) is 19.2 Å². The average Bonchev–Trinajstić information content (AvgIpc) is 4.00. The summed E-state index contributed by atoms with van der Waals surface area (Å²) >= 11 is 0. The lowest BCUT2D eigenvalue weighted by Gasteiger charge is -2.26. The molecule has 264 valence electrons. The number of ether oxygens (including phenoxy) is 2. The minimum Gasteiger partial charge on any atom is -0.480 e. The summed E-state index contributed by atoms with van der Waals surface area (Å²) in [7, 11) is 0. The molecule has 4 amide bonds. The maximum atomic E-state index is 13.3. The molecule has 2 N–H and O–H groups in total. The monoisotopic (exact) mass is 696 g/mol. The summed E-state index contributed by atoms with van der Waals surface area (Å²) < 4.78 is 11.8. The number of para-hydroxylation sites is 2. The first-order chi connectivity index (χ1) is 25.4. The number of rotatable bonds is 8. The summed E-state index contributed by atoms with van der Waals surface area (Å²) in [6.07, 6.45) is 6.57. The van der Waals surface area contributed by atoms with Crippen LogP contribution < -0.4 is 20.1 Å². The number of likely N-dealkylation sites (tertiary alicyclic amines) is 2. The highest BCUT2D eigenvalue weighted by atomic mass is 16.5. The molecule has 2 fully saturated rings. The van der Waals surface area contributed by atoms with Crippen LogP contribution in [0, 0.1) is 0 Å². The van der Waals surface area contributed by atoms with Gasteiger partial charge in [0.25, 0.3) is 11.8 Å². The molecule has 2 saturated heterocycles. The molecule has 2 unspecified atom stereocenters. The minimum absolute atomic E-state index is 0.140. The molecule has 0 aromatic heterocycles. The molecule has 4 aromatic rings. The first kappa shape index (κ1) is 33.3. The van der Waals surface area contributed by atoms with E-state index in [9.17, 15) is 19.2 Å². The number of anilines is 2. The van der Waals surface area contributed by atoms with E-state index in [1.54, 1.807) is 9.80 Å². The molecule has 10 nitrogen and oxygen atoms in total. The molecule has 0 aliphatic carbocycles. The average molecular weight is 697 g/mol. The molecule has 4 atom stereocenters. The van der Waals surface area contributed by atoms with Crippen LogP contribution >= 0.6 is 0 Å². The fourth-order valence-electron chi connectivity index (χ4n) is 7.61. The maximum Gasteiger partial charge on any atom is 0.264 e. The van der Waals surface area contributed by atoms with Crippen molar-refractivity contribution in [1.82, 2.24) is 9.80 Å². The molecule has 0 spiro atoms. The Morgan fingerprint density at radius 1 is 0.558 bits per heavy atom. The molecule has 0 radical (unpaired) electrons. The van der Waals surface area contributed by atoms with Gasteiger partial charge in [0.1, 0.15) is 23.6 Å². The van der Waals surface area contributed by atoms with E-state index < -0.39 is 24.3 Å². The van der Waals surface area contributed by atoms with Crippen molar-refractivity contribution in [3.63, 3.8) is 0 Å². The number of fused-ring (bicyclic) bond motifs is 2. The van der Waals surface area contributed by atoms with E-state index in [1.807, 2.05) is 109 Å². The summed E-state index contributed by atoms with van der Waals surface area (Å²) in [5.41, 5.74) is 5.25. The topological polar surface area (TPSA) is 117 Å². The van der Waals surface area contributed by atoms with Crippen LogP contribution in [0.4, 0.5) is 11.4 Å². The van der Waals surface area contributed by atoms with Gasteiger partial charge in [-0.25, -0.2) is 0 Å². The molecule has 52 heavy (non-hydrogen) atoms. The van der Waals surface area contributed by atoms with Gasteiger partial charge >= 0.3 is 0 Å². The van der Waals surface area contributed by atoms with Gasteiger partial charge in [0.15, 0.2) is 12.2 Å². The van der Waals surface area contributed by atoms with Crippen molar-refractivity contribution in [2.24, 2.45) is 0 Å². The fraction of sp³-hybridized carbons (Fsp3) is 0.286. The van der Waals surface area contributed by atoms with Gasteiger partial charge in [0, 0.05) is 37.3 Å². The standard InChI is InChI=1S/C42H40N4O6/c47-39(33-9-5-23-45(33)41(49)37-25-29-7-1-3-11-35(29)51-37)43-31-19-15-27(16-20-31)13-14-28-17-21-32(22-18-28)44-40(48)34-10-6-24-46(34)42(50)38-26-30-8-2-4-12-36(30)52-38/h1-4,7-8,11-22,33-34,37-38H,5-6,9-10,23-26H2,(H,43,47)(H,44,48)/b14-13+/t33-,34-,37?,38?/m0/s1. The molecule has 10 heteroatoms. The Kier molecular flexibility index (Phi) is 9.20.